The average molecular weight is 294 g/mol. The summed E-state index contributed by atoms with van der Waals surface area (Å²) in [7, 11) is -4.92. The van der Waals surface area contributed by atoms with Gasteiger partial charge in [0, 0.05) is 16.9 Å². The Morgan fingerprint density at radius 1 is 1.44 bits per heavy atom. The van der Waals surface area contributed by atoms with Gasteiger partial charge in [0.2, 0.25) is 0 Å². The molecule has 0 saturated heterocycles. The molecule has 0 saturated carbocycles. The first-order valence-corrected chi connectivity index (χ1v) is 8.17. The second-order valence-corrected chi connectivity index (χ2v) is 7.46. The van der Waals surface area contributed by atoms with Crippen LogP contribution in [0, 0.1) is 5.82 Å². The smallest absolute Gasteiger partial charge is 0.338 e. The van der Waals surface area contributed by atoms with Crippen molar-refractivity contribution in [3.05, 3.63) is 29.6 Å². The molecule has 18 heavy (non-hydrogen) atoms. The van der Waals surface area contributed by atoms with Crippen LogP contribution in [-0.2, 0) is 20.6 Å². The van der Waals surface area contributed by atoms with E-state index >= 15 is 0 Å². The van der Waals surface area contributed by atoms with E-state index in [0.717, 1.165) is 18.4 Å². The standard InChI is InChI=1S/C10H11FO5S2/c1-18(15,16)5-4-17(14)7-2-3-9(11)8(6-7)10(12)13/h2-3,6H,4-5H2,1H3,(H,12,13). The fourth-order valence-electron chi connectivity index (χ4n) is 1.15. The van der Waals surface area contributed by atoms with Gasteiger partial charge in [-0.3, -0.25) is 4.21 Å². The summed E-state index contributed by atoms with van der Waals surface area (Å²) in [6.45, 7) is 0. The lowest BCUT2D eigenvalue weighted by molar-refractivity contribution is 0.0691. The molecule has 0 amide bonds. The summed E-state index contributed by atoms with van der Waals surface area (Å²) in [6, 6.07) is 3.04. The molecule has 1 rings (SSSR count). The third-order valence-electron chi connectivity index (χ3n) is 2.07. The second kappa shape index (κ2) is 5.57. The van der Waals surface area contributed by atoms with Crippen LogP contribution in [0.1, 0.15) is 10.4 Å². The molecule has 100 valence electrons. The van der Waals surface area contributed by atoms with E-state index in [1.165, 1.54) is 6.07 Å². The van der Waals surface area contributed by atoms with Crippen molar-refractivity contribution in [2.24, 2.45) is 0 Å². The molecule has 1 aromatic rings. The summed E-state index contributed by atoms with van der Waals surface area (Å²) in [4.78, 5) is 10.8. The van der Waals surface area contributed by atoms with Crippen LogP contribution in [0.5, 0.6) is 0 Å². The first kappa shape index (κ1) is 14.8. The number of hydrogen-bond acceptors (Lipinski definition) is 4. The Labute approximate surface area is 106 Å². The number of carbonyl (C=O) groups is 1. The van der Waals surface area contributed by atoms with Gasteiger partial charge in [0.1, 0.15) is 15.7 Å². The van der Waals surface area contributed by atoms with Gasteiger partial charge in [0.25, 0.3) is 0 Å². The summed E-state index contributed by atoms with van der Waals surface area (Å²) in [5.74, 6) is -2.82. The van der Waals surface area contributed by atoms with Gasteiger partial charge >= 0.3 is 5.97 Å². The predicted molar refractivity (Wildman–Crippen MR) is 64.3 cm³/mol. The molecule has 0 aromatic heterocycles. The normalized spacial score (nSPS) is 13.2. The number of halogens is 1. The monoisotopic (exact) mass is 294 g/mol. The van der Waals surface area contributed by atoms with E-state index < -0.39 is 38.0 Å². The van der Waals surface area contributed by atoms with Gasteiger partial charge in [-0.2, -0.15) is 0 Å². The molecule has 1 atom stereocenters. The first-order chi connectivity index (χ1) is 8.20. The Bertz CT molecular complexity index is 594. The van der Waals surface area contributed by atoms with Gasteiger partial charge in [-0.25, -0.2) is 17.6 Å². The zero-order valence-electron chi connectivity index (χ0n) is 9.42. The minimum atomic E-state index is -3.25. The minimum Gasteiger partial charge on any atom is -0.478 e. The molecule has 0 aliphatic rings. The molecular formula is C10H11FO5S2. The third kappa shape index (κ3) is 4.19. The van der Waals surface area contributed by atoms with E-state index in [0.29, 0.717) is 0 Å². The topological polar surface area (TPSA) is 88.5 Å². The molecule has 0 aliphatic heterocycles. The van der Waals surface area contributed by atoms with Crippen LogP contribution in [0.2, 0.25) is 0 Å². The van der Waals surface area contributed by atoms with Crippen molar-refractivity contribution in [2.45, 2.75) is 4.90 Å². The zero-order chi connectivity index (χ0) is 13.9. The van der Waals surface area contributed by atoms with E-state index in [2.05, 4.69) is 0 Å². The van der Waals surface area contributed by atoms with Crippen LogP contribution < -0.4 is 0 Å². The SMILES string of the molecule is CS(=O)(=O)CCS(=O)c1ccc(F)c(C(=O)O)c1. The van der Waals surface area contributed by atoms with Crippen molar-refractivity contribution in [2.75, 3.05) is 17.8 Å². The van der Waals surface area contributed by atoms with Crippen LogP contribution in [0.4, 0.5) is 4.39 Å². The summed E-state index contributed by atoms with van der Waals surface area (Å²) in [6.07, 6.45) is 1.01. The van der Waals surface area contributed by atoms with Crippen LogP contribution >= 0.6 is 0 Å². The highest BCUT2D eigenvalue weighted by atomic mass is 32.2. The van der Waals surface area contributed by atoms with E-state index in [4.69, 9.17) is 5.11 Å². The summed E-state index contributed by atoms with van der Waals surface area (Å²) >= 11 is 0. The lowest BCUT2D eigenvalue weighted by Crippen LogP contribution is -2.12. The summed E-state index contributed by atoms with van der Waals surface area (Å²) in [5, 5.41) is 8.70. The molecule has 1 unspecified atom stereocenters. The lowest BCUT2D eigenvalue weighted by Gasteiger charge is -2.03. The fraction of sp³-hybridized carbons (Fsp3) is 0.300. The van der Waals surface area contributed by atoms with Crippen molar-refractivity contribution < 1.29 is 26.9 Å². The number of benzene rings is 1. The van der Waals surface area contributed by atoms with Crippen LogP contribution in [0.25, 0.3) is 0 Å². The second-order valence-electron chi connectivity index (χ2n) is 3.63. The first-order valence-electron chi connectivity index (χ1n) is 4.79. The number of carboxylic acid groups (broad SMARTS) is 1. The lowest BCUT2D eigenvalue weighted by atomic mass is 10.2. The average Bonchev–Trinajstić information content (AvgIpc) is 2.25. The molecule has 0 spiro atoms. The molecule has 0 fully saturated rings. The van der Waals surface area contributed by atoms with Crippen LogP contribution in [0.15, 0.2) is 23.1 Å². The van der Waals surface area contributed by atoms with Gasteiger partial charge in [0.05, 0.1) is 22.1 Å². The van der Waals surface area contributed by atoms with Gasteiger partial charge in [0.15, 0.2) is 0 Å². The van der Waals surface area contributed by atoms with Gasteiger partial charge in [-0.15, -0.1) is 0 Å². The fourth-order valence-corrected chi connectivity index (χ4v) is 3.68. The Morgan fingerprint density at radius 3 is 2.56 bits per heavy atom. The summed E-state index contributed by atoms with van der Waals surface area (Å²) < 4.78 is 46.6. The largest absolute Gasteiger partial charge is 0.478 e. The Morgan fingerprint density at radius 2 is 2.06 bits per heavy atom. The van der Waals surface area contributed by atoms with E-state index in [1.807, 2.05) is 0 Å². The number of carboxylic acids is 1. The number of aromatic carboxylic acids is 1. The Balaban J connectivity index is 2.94. The maximum Gasteiger partial charge on any atom is 0.338 e. The quantitative estimate of drug-likeness (QED) is 0.862. The van der Waals surface area contributed by atoms with Crippen LogP contribution in [0.3, 0.4) is 0 Å². The Kier molecular flexibility index (Phi) is 4.58. The maximum absolute atomic E-state index is 13.1. The van der Waals surface area contributed by atoms with Crippen molar-refractivity contribution in [1.29, 1.82) is 0 Å². The molecule has 0 heterocycles. The number of rotatable bonds is 5. The van der Waals surface area contributed by atoms with Crippen molar-refractivity contribution in [3.8, 4) is 0 Å². The Hall–Kier alpha value is -1.28. The van der Waals surface area contributed by atoms with Gasteiger partial charge < -0.3 is 5.11 Å². The van der Waals surface area contributed by atoms with E-state index in [9.17, 15) is 21.8 Å². The molecule has 1 N–H and O–H groups in total. The number of hydrogen-bond donors (Lipinski definition) is 1. The number of sulfone groups is 1. The molecule has 0 aliphatic carbocycles. The predicted octanol–water partition coefficient (Wildman–Crippen LogP) is 0.676. The van der Waals surface area contributed by atoms with Crippen molar-refractivity contribution >= 4 is 26.6 Å². The van der Waals surface area contributed by atoms with Crippen LogP contribution in [-0.4, -0.2) is 41.5 Å². The molecule has 0 radical (unpaired) electrons. The van der Waals surface area contributed by atoms with E-state index in [1.54, 1.807) is 0 Å². The van der Waals surface area contributed by atoms with Crippen molar-refractivity contribution in [3.63, 3.8) is 0 Å². The van der Waals surface area contributed by atoms with E-state index in [-0.39, 0.29) is 16.4 Å². The van der Waals surface area contributed by atoms with Gasteiger partial charge in [-0.05, 0) is 18.2 Å². The molecular weight excluding hydrogens is 283 g/mol. The highest BCUT2D eigenvalue weighted by Gasteiger charge is 2.14. The molecule has 8 heteroatoms. The summed E-state index contributed by atoms with van der Waals surface area (Å²) in [5.41, 5.74) is -0.583. The molecule has 1 aromatic carbocycles. The van der Waals surface area contributed by atoms with Gasteiger partial charge in [-0.1, -0.05) is 0 Å². The minimum absolute atomic E-state index is 0.0949. The molecule has 0 bridgehead atoms. The van der Waals surface area contributed by atoms with Crippen molar-refractivity contribution in [1.82, 2.24) is 0 Å². The highest BCUT2D eigenvalue weighted by Crippen LogP contribution is 2.14. The third-order valence-corrected chi connectivity index (χ3v) is 4.63. The molecule has 5 nitrogen and oxygen atoms in total. The highest BCUT2D eigenvalue weighted by molar-refractivity contribution is 7.92. The maximum atomic E-state index is 13.1. The zero-order valence-corrected chi connectivity index (χ0v) is 11.1.